The molecule has 2 atom stereocenters. The second kappa shape index (κ2) is 7.17. The summed E-state index contributed by atoms with van der Waals surface area (Å²) in [6.07, 6.45) is 0. The van der Waals surface area contributed by atoms with E-state index in [1.54, 1.807) is 13.2 Å². The molecule has 0 heterocycles. The molecule has 0 amide bonds. The quantitative estimate of drug-likeness (QED) is 0.862. The van der Waals surface area contributed by atoms with Crippen LogP contribution in [0.2, 0.25) is 0 Å². The van der Waals surface area contributed by atoms with Gasteiger partial charge in [0.2, 0.25) is 0 Å². The smallest absolute Gasteiger partial charge is 0.127 e. The van der Waals surface area contributed by atoms with Gasteiger partial charge in [-0.25, -0.2) is 4.39 Å². The van der Waals surface area contributed by atoms with Crippen LogP contribution >= 0.6 is 0 Å². The van der Waals surface area contributed by atoms with Crippen molar-refractivity contribution in [1.29, 1.82) is 0 Å². The van der Waals surface area contributed by atoms with Crippen LogP contribution in [0, 0.1) is 5.82 Å². The van der Waals surface area contributed by atoms with Gasteiger partial charge in [-0.2, -0.15) is 0 Å². The highest BCUT2D eigenvalue weighted by Gasteiger charge is 2.17. The number of halogens is 1. The lowest BCUT2D eigenvalue weighted by Crippen LogP contribution is -2.28. The third-order valence-electron chi connectivity index (χ3n) is 3.36. The maximum Gasteiger partial charge on any atom is 0.127 e. The molecule has 0 aliphatic carbocycles. The van der Waals surface area contributed by atoms with Gasteiger partial charge in [-0.1, -0.05) is 48.5 Å². The molecular formula is C17H20FNO. The fourth-order valence-electron chi connectivity index (χ4n) is 2.31. The first-order valence-electron chi connectivity index (χ1n) is 6.76. The third kappa shape index (κ3) is 3.65. The van der Waals surface area contributed by atoms with Gasteiger partial charge in [0.15, 0.2) is 0 Å². The van der Waals surface area contributed by atoms with E-state index in [0.29, 0.717) is 12.2 Å². The van der Waals surface area contributed by atoms with Crippen LogP contribution in [-0.4, -0.2) is 13.7 Å². The molecule has 0 fully saturated rings. The van der Waals surface area contributed by atoms with Crippen LogP contribution < -0.4 is 5.32 Å². The number of benzene rings is 2. The zero-order valence-electron chi connectivity index (χ0n) is 11.8. The Hall–Kier alpha value is -1.71. The van der Waals surface area contributed by atoms with E-state index in [-0.39, 0.29) is 17.9 Å². The third-order valence-corrected chi connectivity index (χ3v) is 3.36. The average molecular weight is 273 g/mol. The van der Waals surface area contributed by atoms with Crippen molar-refractivity contribution in [2.75, 3.05) is 13.7 Å². The fourth-order valence-corrected chi connectivity index (χ4v) is 2.31. The Bertz CT molecular complexity index is 530. The Kier molecular flexibility index (Phi) is 5.27. The molecule has 2 aromatic carbocycles. The first-order valence-corrected chi connectivity index (χ1v) is 6.76. The standard InChI is InChI=1S/C17H20FNO/c1-13(15-10-6-7-11-16(15)18)19-17(12-20-2)14-8-4-3-5-9-14/h3-11,13,17,19H,12H2,1-2H3. The lowest BCUT2D eigenvalue weighted by Gasteiger charge is -2.24. The number of hydrogen-bond acceptors (Lipinski definition) is 2. The molecule has 2 rings (SSSR count). The van der Waals surface area contributed by atoms with Crippen LogP contribution in [0.5, 0.6) is 0 Å². The lowest BCUT2D eigenvalue weighted by atomic mass is 10.0. The predicted molar refractivity (Wildman–Crippen MR) is 79.0 cm³/mol. The summed E-state index contributed by atoms with van der Waals surface area (Å²) in [7, 11) is 1.67. The van der Waals surface area contributed by atoms with Gasteiger partial charge >= 0.3 is 0 Å². The summed E-state index contributed by atoms with van der Waals surface area (Å²) in [5, 5.41) is 3.43. The van der Waals surface area contributed by atoms with E-state index in [2.05, 4.69) is 5.32 Å². The monoisotopic (exact) mass is 273 g/mol. The molecule has 0 spiro atoms. The molecular weight excluding hydrogens is 253 g/mol. The SMILES string of the molecule is COCC(NC(C)c1ccccc1F)c1ccccc1. The molecule has 0 aliphatic rings. The minimum Gasteiger partial charge on any atom is -0.383 e. The number of hydrogen-bond donors (Lipinski definition) is 1. The van der Waals surface area contributed by atoms with Crippen LogP contribution in [0.3, 0.4) is 0 Å². The zero-order valence-corrected chi connectivity index (χ0v) is 11.8. The Morgan fingerprint density at radius 3 is 2.35 bits per heavy atom. The highest BCUT2D eigenvalue weighted by Crippen LogP contribution is 2.21. The first-order chi connectivity index (χ1) is 9.72. The molecule has 0 radical (unpaired) electrons. The Morgan fingerprint density at radius 1 is 1.05 bits per heavy atom. The van der Waals surface area contributed by atoms with Crippen molar-refractivity contribution >= 4 is 0 Å². The molecule has 2 unspecified atom stereocenters. The van der Waals surface area contributed by atoms with Gasteiger partial charge in [0.05, 0.1) is 12.6 Å². The van der Waals surface area contributed by atoms with Gasteiger partial charge in [0, 0.05) is 18.7 Å². The van der Waals surface area contributed by atoms with Crippen LogP contribution in [0.1, 0.15) is 30.1 Å². The van der Waals surface area contributed by atoms with E-state index in [1.165, 1.54) is 6.07 Å². The van der Waals surface area contributed by atoms with Crippen molar-refractivity contribution in [3.8, 4) is 0 Å². The van der Waals surface area contributed by atoms with Gasteiger partial charge in [-0.15, -0.1) is 0 Å². The van der Waals surface area contributed by atoms with Crippen molar-refractivity contribution in [2.24, 2.45) is 0 Å². The molecule has 0 aromatic heterocycles. The summed E-state index contributed by atoms with van der Waals surface area (Å²) in [6.45, 7) is 2.51. The van der Waals surface area contributed by atoms with E-state index in [9.17, 15) is 4.39 Å². The maximum atomic E-state index is 13.8. The van der Waals surface area contributed by atoms with Crippen molar-refractivity contribution < 1.29 is 9.13 Å². The van der Waals surface area contributed by atoms with Gasteiger partial charge < -0.3 is 10.1 Å². The molecule has 0 saturated carbocycles. The first kappa shape index (κ1) is 14.7. The van der Waals surface area contributed by atoms with Gasteiger partial charge in [0.1, 0.15) is 5.82 Å². The fraction of sp³-hybridized carbons (Fsp3) is 0.294. The predicted octanol–water partition coefficient (Wildman–Crippen LogP) is 3.86. The van der Waals surface area contributed by atoms with E-state index in [4.69, 9.17) is 4.74 Å². The number of rotatable bonds is 6. The molecule has 2 nitrogen and oxygen atoms in total. The second-order valence-corrected chi connectivity index (χ2v) is 4.83. The highest BCUT2D eigenvalue weighted by molar-refractivity contribution is 5.23. The van der Waals surface area contributed by atoms with Gasteiger partial charge in [0.25, 0.3) is 0 Å². The normalized spacial score (nSPS) is 13.9. The van der Waals surface area contributed by atoms with Crippen LogP contribution in [0.15, 0.2) is 54.6 Å². The summed E-state index contributed by atoms with van der Waals surface area (Å²) < 4.78 is 19.1. The molecule has 1 N–H and O–H groups in total. The molecule has 3 heteroatoms. The highest BCUT2D eigenvalue weighted by atomic mass is 19.1. The Labute approximate surface area is 119 Å². The average Bonchev–Trinajstić information content (AvgIpc) is 2.48. The molecule has 106 valence electrons. The molecule has 0 aliphatic heterocycles. The van der Waals surface area contributed by atoms with Gasteiger partial charge in [-0.05, 0) is 18.6 Å². The van der Waals surface area contributed by atoms with Crippen molar-refractivity contribution in [3.05, 3.63) is 71.5 Å². The zero-order chi connectivity index (χ0) is 14.4. The number of methoxy groups -OCH3 is 1. The van der Waals surface area contributed by atoms with Crippen molar-refractivity contribution in [2.45, 2.75) is 19.0 Å². The van der Waals surface area contributed by atoms with E-state index in [1.807, 2.05) is 49.4 Å². The summed E-state index contributed by atoms with van der Waals surface area (Å²) in [4.78, 5) is 0. The number of ether oxygens (including phenoxy) is 1. The van der Waals surface area contributed by atoms with E-state index >= 15 is 0 Å². The maximum absolute atomic E-state index is 13.8. The largest absolute Gasteiger partial charge is 0.383 e. The van der Waals surface area contributed by atoms with Gasteiger partial charge in [-0.3, -0.25) is 0 Å². The second-order valence-electron chi connectivity index (χ2n) is 4.83. The molecule has 20 heavy (non-hydrogen) atoms. The summed E-state index contributed by atoms with van der Waals surface area (Å²) in [5.74, 6) is -0.184. The van der Waals surface area contributed by atoms with E-state index in [0.717, 1.165) is 5.56 Å². The van der Waals surface area contributed by atoms with Crippen molar-refractivity contribution in [1.82, 2.24) is 5.32 Å². The molecule has 0 saturated heterocycles. The topological polar surface area (TPSA) is 21.3 Å². The lowest BCUT2D eigenvalue weighted by molar-refractivity contribution is 0.161. The molecule has 0 bridgehead atoms. The van der Waals surface area contributed by atoms with Crippen molar-refractivity contribution in [3.63, 3.8) is 0 Å². The van der Waals surface area contributed by atoms with Crippen LogP contribution in [-0.2, 0) is 4.74 Å². The molecule has 2 aromatic rings. The summed E-state index contributed by atoms with van der Waals surface area (Å²) in [6, 6.07) is 16.9. The van der Waals surface area contributed by atoms with Crippen LogP contribution in [0.4, 0.5) is 4.39 Å². The summed E-state index contributed by atoms with van der Waals surface area (Å²) >= 11 is 0. The Balaban J connectivity index is 2.14. The minimum atomic E-state index is -0.184. The Morgan fingerprint density at radius 2 is 1.70 bits per heavy atom. The number of nitrogens with one attached hydrogen (secondary N) is 1. The van der Waals surface area contributed by atoms with E-state index < -0.39 is 0 Å². The minimum absolute atomic E-state index is 0.0378. The summed E-state index contributed by atoms with van der Waals surface area (Å²) in [5.41, 5.74) is 1.81. The van der Waals surface area contributed by atoms with Crippen LogP contribution in [0.25, 0.3) is 0 Å².